The first kappa shape index (κ1) is 15.1. The molecule has 2 aromatic rings. The molecule has 1 aromatic carbocycles. The molecule has 0 aliphatic rings. The van der Waals surface area contributed by atoms with Crippen molar-refractivity contribution in [1.82, 2.24) is 10.2 Å². The molecule has 0 fully saturated rings. The van der Waals surface area contributed by atoms with E-state index in [9.17, 15) is 0 Å². The van der Waals surface area contributed by atoms with Crippen molar-refractivity contribution in [2.24, 2.45) is 5.73 Å². The molecule has 0 aliphatic carbocycles. The number of hydrogen-bond acceptors (Lipinski definition) is 7. The van der Waals surface area contributed by atoms with Crippen LogP contribution in [0.1, 0.15) is 12.3 Å². The third-order valence-electron chi connectivity index (χ3n) is 2.97. The number of aromatic nitrogens is 2. The average Bonchev–Trinajstić information content (AvgIpc) is 3.00. The van der Waals surface area contributed by atoms with Gasteiger partial charge in [-0.15, -0.1) is 10.2 Å². The maximum absolute atomic E-state index is 5.61. The van der Waals surface area contributed by atoms with E-state index in [2.05, 4.69) is 10.2 Å². The minimum atomic E-state index is 0.404. The van der Waals surface area contributed by atoms with Crippen LogP contribution in [0.2, 0.25) is 0 Å². The van der Waals surface area contributed by atoms with Crippen LogP contribution in [0.4, 0.5) is 0 Å². The Balaban J connectivity index is 2.37. The normalized spacial score (nSPS) is 10.5. The number of hydrogen-bond donors (Lipinski definition) is 1. The van der Waals surface area contributed by atoms with Gasteiger partial charge in [-0.25, -0.2) is 0 Å². The Kier molecular flexibility index (Phi) is 4.99. The first-order chi connectivity index (χ1) is 10.2. The zero-order chi connectivity index (χ0) is 15.2. The second-order valence-electron chi connectivity index (χ2n) is 4.31. The van der Waals surface area contributed by atoms with Crippen molar-refractivity contribution in [3.05, 3.63) is 18.0 Å². The molecule has 0 bridgehead atoms. The minimum absolute atomic E-state index is 0.404. The van der Waals surface area contributed by atoms with Gasteiger partial charge in [-0.1, -0.05) is 0 Å². The Morgan fingerprint density at radius 1 is 1.05 bits per heavy atom. The molecule has 0 unspecified atom stereocenters. The van der Waals surface area contributed by atoms with Gasteiger partial charge in [0, 0.05) is 12.0 Å². The molecule has 0 aliphatic heterocycles. The molecule has 7 heteroatoms. The summed E-state index contributed by atoms with van der Waals surface area (Å²) in [5.74, 6) is 2.55. The maximum Gasteiger partial charge on any atom is 0.248 e. The third kappa shape index (κ3) is 3.25. The van der Waals surface area contributed by atoms with Gasteiger partial charge in [0.1, 0.15) is 0 Å². The summed E-state index contributed by atoms with van der Waals surface area (Å²) in [6.45, 7) is 0.585. The van der Waals surface area contributed by atoms with E-state index in [0.29, 0.717) is 47.6 Å². The molecule has 0 spiro atoms. The molecule has 0 atom stereocenters. The van der Waals surface area contributed by atoms with Gasteiger partial charge in [-0.05, 0) is 25.1 Å². The Morgan fingerprint density at radius 3 is 2.24 bits per heavy atom. The molecule has 21 heavy (non-hydrogen) atoms. The Hall–Kier alpha value is -2.28. The lowest BCUT2D eigenvalue weighted by Crippen LogP contribution is -2.00. The maximum atomic E-state index is 5.61. The van der Waals surface area contributed by atoms with Crippen molar-refractivity contribution in [1.29, 1.82) is 0 Å². The average molecular weight is 293 g/mol. The van der Waals surface area contributed by atoms with Crippen molar-refractivity contribution < 1.29 is 18.6 Å². The first-order valence-electron chi connectivity index (χ1n) is 6.56. The number of ether oxygens (including phenoxy) is 3. The Labute approximate surface area is 123 Å². The van der Waals surface area contributed by atoms with Crippen molar-refractivity contribution in [2.75, 3.05) is 27.9 Å². The van der Waals surface area contributed by atoms with E-state index < -0.39 is 0 Å². The van der Waals surface area contributed by atoms with Gasteiger partial charge >= 0.3 is 0 Å². The van der Waals surface area contributed by atoms with E-state index >= 15 is 0 Å². The number of rotatable bonds is 7. The second-order valence-corrected chi connectivity index (χ2v) is 4.31. The molecule has 2 rings (SSSR count). The van der Waals surface area contributed by atoms with Crippen LogP contribution in [-0.4, -0.2) is 38.1 Å². The SMILES string of the molecule is COc1cc(-c2nnc(CCCN)o2)cc(OC)c1OC. The molecule has 0 saturated heterocycles. The summed E-state index contributed by atoms with van der Waals surface area (Å²) in [7, 11) is 4.67. The van der Waals surface area contributed by atoms with Gasteiger partial charge in [0.15, 0.2) is 11.5 Å². The highest BCUT2D eigenvalue weighted by Gasteiger charge is 2.17. The standard InChI is InChI=1S/C14H19N3O4/c1-18-10-7-9(8-11(19-2)13(10)20-3)14-17-16-12(21-14)5-4-6-15/h7-8H,4-6,15H2,1-3H3. The van der Waals surface area contributed by atoms with Crippen LogP contribution in [0.3, 0.4) is 0 Å². The first-order valence-corrected chi connectivity index (χ1v) is 6.56. The molecular formula is C14H19N3O4. The van der Waals surface area contributed by atoms with Crippen molar-refractivity contribution in [3.8, 4) is 28.7 Å². The molecule has 1 heterocycles. The van der Waals surface area contributed by atoms with Gasteiger partial charge < -0.3 is 24.4 Å². The Bertz CT molecular complexity index is 573. The smallest absolute Gasteiger partial charge is 0.248 e. The summed E-state index contributed by atoms with van der Waals surface area (Å²) in [5, 5.41) is 8.03. The van der Waals surface area contributed by atoms with Crippen LogP contribution < -0.4 is 19.9 Å². The van der Waals surface area contributed by atoms with Gasteiger partial charge in [0.25, 0.3) is 0 Å². The van der Waals surface area contributed by atoms with Crippen LogP contribution >= 0.6 is 0 Å². The van der Waals surface area contributed by atoms with E-state index in [0.717, 1.165) is 6.42 Å². The molecule has 7 nitrogen and oxygen atoms in total. The summed E-state index contributed by atoms with van der Waals surface area (Å²) in [5.41, 5.74) is 6.17. The highest BCUT2D eigenvalue weighted by atomic mass is 16.5. The summed E-state index contributed by atoms with van der Waals surface area (Å²) in [4.78, 5) is 0. The molecular weight excluding hydrogens is 274 g/mol. The summed E-state index contributed by atoms with van der Waals surface area (Å²) in [6, 6.07) is 3.53. The predicted molar refractivity (Wildman–Crippen MR) is 76.8 cm³/mol. The Morgan fingerprint density at radius 2 is 1.71 bits per heavy atom. The van der Waals surface area contributed by atoms with Gasteiger partial charge in [0.05, 0.1) is 21.3 Å². The van der Waals surface area contributed by atoms with E-state index in [4.69, 9.17) is 24.4 Å². The lowest BCUT2D eigenvalue weighted by molar-refractivity contribution is 0.324. The van der Waals surface area contributed by atoms with Gasteiger partial charge in [-0.2, -0.15) is 0 Å². The topological polar surface area (TPSA) is 92.6 Å². The fraction of sp³-hybridized carbons (Fsp3) is 0.429. The lowest BCUT2D eigenvalue weighted by Gasteiger charge is -2.12. The fourth-order valence-corrected chi connectivity index (χ4v) is 1.93. The van der Waals surface area contributed by atoms with Crippen LogP contribution in [-0.2, 0) is 6.42 Å². The van der Waals surface area contributed by atoms with Crippen LogP contribution in [0.5, 0.6) is 17.2 Å². The van der Waals surface area contributed by atoms with Gasteiger partial charge in [-0.3, -0.25) is 0 Å². The van der Waals surface area contributed by atoms with E-state index in [1.165, 1.54) is 0 Å². The summed E-state index contributed by atoms with van der Waals surface area (Å²) in [6.07, 6.45) is 1.46. The third-order valence-corrected chi connectivity index (χ3v) is 2.97. The second kappa shape index (κ2) is 6.94. The molecule has 0 amide bonds. The van der Waals surface area contributed by atoms with Crippen molar-refractivity contribution >= 4 is 0 Å². The number of nitrogens with two attached hydrogens (primary N) is 1. The van der Waals surface area contributed by atoms with Crippen LogP contribution in [0, 0.1) is 0 Å². The van der Waals surface area contributed by atoms with E-state index in [1.54, 1.807) is 33.5 Å². The largest absolute Gasteiger partial charge is 0.493 e. The number of nitrogens with zero attached hydrogens (tertiary/aromatic N) is 2. The zero-order valence-corrected chi connectivity index (χ0v) is 12.4. The minimum Gasteiger partial charge on any atom is -0.493 e. The van der Waals surface area contributed by atoms with E-state index in [-0.39, 0.29) is 0 Å². The quantitative estimate of drug-likeness (QED) is 0.829. The highest BCUT2D eigenvalue weighted by molar-refractivity contribution is 5.65. The summed E-state index contributed by atoms with van der Waals surface area (Å²) < 4.78 is 21.5. The molecule has 2 N–H and O–H groups in total. The zero-order valence-electron chi connectivity index (χ0n) is 12.4. The van der Waals surface area contributed by atoms with Crippen LogP contribution in [0.15, 0.2) is 16.5 Å². The molecule has 114 valence electrons. The monoisotopic (exact) mass is 293 g/mol. The summed E-state index contributed by atoms with van der Waals surface area (Å²) >= 11 is 0. The number of methoxy groups -OCH3 is 3. The van der Waals surface area contributed by atoms with Crippen molar-refractivity contribution in [3.63, 3.8) is 0 Å². The molecule has 0 radical (unpaired) electrons. The molecule has 1 aromatic heterocycles. The van der Waals surface area contributed by atoms with Crippen molar-refractivity contribution in [2.45, 2.75) is 12.8 Å². The van der Waals surface area contributed by atoms with E-state index in [1.807, 2.05) is 0 Å². The highest BCUT2D eigenvalue weighted by Crippen LogP contribution is 2.40. The van der Waals surface area contributed by atoms with Gasteiger partial charge in [0.2, 0.25) is 17.5 Å². The fourth-order valence-electron chi connectivity index (χ4n) is 1.93. The number of aryl methyl sites for hydroxylation is 1. The predicted octanol–water partition coefficient (Wildman–Crippen LogP) is 1.65. The lowest BCUT2D eigenvalue weighted by atomic mass is 10.2. The molecule has 0 saturated carbocycles. The number of benzene rings is 1. The van der Waals surface area contributed by atoms with Crippen LogP contribution in [0.25, 0.3) is 11.5 Å².